The van der Waals surface area contributed by atoms with Crippen LogP contribution in [0.15, 0.2) is 12.2 Å². The first kappa shape index (κ1) is 86.6. The molecule has 0 saturated carbocycles. The van der Waals surface area contributed by atoms with E-state index < -0.39 is 12.1 Å². The number of carbonyl (C=O) groups is 2. The van der Waals surface area contributed by atoms with Gasteiger partial charge in [-0.3, -0.25) is 9.59 Å². The molecule has 0 radical (unpaired) electrons. The van der Waals surface area contributed by atoms with E-state index in [-0.39, 0.29) is 18.5 Å². The molecule has 524 valence electrons. The molecule has 1 amide bonds. The SMILES string of the molecule is CCCCCCCCCCCCCCCCCCCCCCCCCCC(O)C(CO)NC(=O)CCCCCCCCCCCCCCCCCCC/C=C\CCCCCCCCCCCCCCCCOC(=O)CCCCCCCCCCCCCC. The fourth-order valence-electron chi connectivity index (χ4n) is 13.3. The molecule has 0 bridgehead atoms. The molecular formula is C82H161NO5. The molecule has 0 rings (SSSR count). The first-order valence-corrected chi connectivity index (χ1v) is 40.9. The summed E-state index contributed by atoms with van der Waals surface area (Å²) in [5, 5.41) is 23.5. The topological polar surface area (TPSA) is 95.9 Å². The maximum absolute atomic E-state index is 12.6. The van der Waals surface area contributed by atoms with Gasteiger partial charge in [0.05, 0.1) is 25.4 Å². The van der Waals surface area contributed by atoms with E-state index in [1.807, 2.05) is 0 Å². The quantitative estimate of drug-likeness (QED) is 0.0320. The third-order valence-electron chi connectivity index (χ3n) is 19.6. The minimum absolute atomic E-state index is 0.0221. The molecule has 0 saturated heterocycles. The number of aliphatic hydroxyl groups excluding tert-OH is 2. The molecule has 0 aromatic heterocycles. The van der Waals surface area contributed by atoms with Crippen molar-refractivity contribution in [1.29, 1.82) is 0 Å². The van der Waals surface area contributed by atoms with Crippen molar-refractivity contribution < 1.29 is 24.5 Å². The molecule has 3 N–H and O–H groups in total. The van der Waals surface area contributed by atoms with Gasteiger partial charge in [-0.2, -0.15) is 0 Å². The molecule has 0 heterocycles. The fourth-order valence-corrected chi connectivity index (χ4v) is 13.3. The molecule has 0 aromatic rings. The van der Waals surface area contributed by atoms with Gasteiger partial charge < -0.3 is 20.3 Å². The van der Waals surface area contributed by atoms with Gasteiger partial charge >= 0.3 is 5.97 Å². The number of aliphatic hydroxyl groups is 2. The van der Waals surface area contributed by atoms with Crippen LogP contribution in [-0.4, -0.2) is 47.4 Å². The predicted molar refractivity (Wildman–Crippen MR) is 389 cm³/mol. The molecule has 2 atom stereocenters. The third-order valence-corrected chi connectivity index (χ3v) is 19.6. The Kier molecular flexibility index (Phi) is 76.8. The largest absolute Gasteiger partial charge is 0.466 e. The van der Waals surface area contributed by atoms with Crippen LogP contribution < -0.4 is 5.32 Å². The number of carbonyl (C=O) groups excluding carboxylic acids is 2. The Balaban J connectivity index is 3.34. The van der Waals surface area contributed by atoms with E-state index >= 15 is 0 Å². The molecule has 0 aliphatic heterocycles. The number of nitrogens with one attached hydrogen (secondary N) is 1. The minimum atomic E-state index is -0.663. The number of ether oxygens (including phenoxy) is 1. The van der Waals surface area contributed by atoms with E-state index in [0.717, 1.165) is 38.5 Å². The van der Waals surface area contributed by atoms with Gasteiger partial charge in [0.1, 0.15) is 0 Å². The monoisotopic (exact) mass is 1240 g/mol. The van der Waals surface area contributed by atoms with Crippen LogP contribution in [0.3, 0.4) is 0 Å². The molecule has 2 unspecified atom stereocenters. The van der Waals surface area contributed by atoms with Gasteiger partial charge in [-0.1, -0.05) is 424 Å². The highest BCUT2D eigenvalue weighted by atomic mass is 16.5. The first-order chi connectivity index (χ1) is 43.5. The van der Waals surface area contributed by atoms with Gasteiger partial charge in [0.15, 0.2) is 0 Å². The molecule has 0 spiro atoms. The second-order valence-corrected chi connectivity index (χ2v) is 28.5. The van der Waals surface area contributed by atoms with Gasteiger partial charge in [0, 0.05) is 12.8 Å². The summed E-state index contributed by atoms with van der Waals surface area (Å²) in [6.45, 7) is 5.01. The number of allylic oxidation sites excluding steroid dienone is 2. The molecule has 6 nitrogen and oxygen atoms in total. The summed E-state index contributed by atoms with van der Waals surface area (Å²) in [5.74, 6) is -0.00288. The van der Waals surface area contributed by atoms with Crippen LogP contribution in [0, 0.1) is 0 Å². The van der Waals surface area contributed by atoms with Crippen molar-refractivity contribution in [2.45, 2.75) is 488 Å². The second kappa shape index (κ2) is 78.0. The molecule has 0 aliphatic rings. The van der Waals surface area contributed by atoms with Crippen molar-refractivity contribution in [3.63, 3.8) is 0 Å². The zero-order chi connectivity index (χ0) is 63.5. The Morgan fingerprint density at radius 1 is 0.307 bits per heavy atom. The number of hydrogen-bond donors (Lipinski definition) is 3. The summed E-state index contributed by atoms with van der Waals surface area (Å²) >= 11 is 0. The summed E-state index contributed by atoms with van der Waals surface area (Å²) in [7, 11) is 0. The van der Waals surface area contributed by atoms with Crippen LogP contribution in [0.2, 0.25) is 0 Å². The minimum Gasteiger partial charge on any atom is -0.466 e. The van der Waals surface area contributed by atoms with Gasteiger partial charge in [-0.15, -0.1) is 0 Å². The number of amides is 1. The fraction of sp³-hybridized carbons (Fsp3) is 0.951. The van der Waals surface area contributed by atoms with E-state index in [1.54, 1.807) is 0 Å². The Morgan fingerprint density at radius 2 is 0.534 bits per heavy atom. The van der Waals surface area contributed by atoms with Gasteiger partial charge in [-0.05, 0) is 51.4 Å². The van der Waals surface area contributed by atoms with Crippen LogP contribution in [0.1, 0.15) is 476 Å². The number of unbranched alkanes of at least 4 members (excludes halogenated alkanes) is 65. The Labute approximate surface area is 552 Å². The number of rotatable bonds is 78. The van der Waals surface area contributed by atoms with Crippen molar-refractivity contribution >= 4 is 11.9 Å². The normalized spacial score (nSPS) is 12.5. The smallest absolute Gasteiger partial charge is 0.305 e. The lowest BCUT2D eigenvalue weighted by Gasteiger charge is -2.22. The summed E-state index contributed by atoms with van der Waals surface area (Å²) in [6.07, 6.45) is 98.9. The summed E-state index contributed by atoms with van der Waals surface area (Å²) in [5.41, 5.74) is 0. The van der Waals surface area contributed by atoms with Crippen molar-refractivity contribution in [1.82, 2.24) is 5.32 Å². The van der Waals surface area contributed by atoms with Crippen LogP contribution in [0.25, 0.3) is 0 Å². The zero-order valence-corrected chi connectivity index (χ0v) is 60.3. The lowest BCUT2D eigenvalue weighted by atomic mass is 10.0. The van der Waals surface area contributed by atoms with Gasteiger partial charge in [0.25, 0.3) is 0 Å². The lowest BCUT2D eigenvalue weighted by molar-refractivity contribution is -0.143. The highest BCUT2D eigenvalue weighted by molar-refractivity contribution is 5.76. The van der Waals surface area contributed by atoms with Crippen molar-refractivity contribution in [3.8, 4) is 0 Å². The van der Waals surface area contributed by atoms with Gasteiger partial charge in [-0.25, -0.2) is 0 Å². The zero-order valence-electron chi connectivity index (χ0n) is 60.3. The maximum atomic E-state index is 12.6. The third kappa shape index (κ3) is 73.6. The predicted octanol–water partition coefficient (Wildman–Crippen LogP) is 27.1. The lowest BCUT2D eigenvalue weighted by Crippen LogP contribution is -2.45. The van der Waals surface area contributed by atoms with E-state index in [4.69, 9.17) is 4.74 Å². The molecule has 6 heteroatoms. The van der Waals surface area contributed by atoms with E-state index in [1.165, 1.54) is 405 Å². The Hall–Kier alpha value is -1.40. The number of hydrogen-bond acceptors (Lipinski definition) is 5. The molecule has 0 aliphatic carbocycles. The van der Waals surface area contributed by atoms with Crippen LogP contribution >= 0.6 is 0 Å². The summed E-state index contributed by atoms with van der Waals surface area (Å²) in [6, 6.07) is -0.540. The van der Waals surface area contributed by atoms with Gasteiger partial charge in [0.2, 0.25) is 5.91 Å². The molecule has 0 aromatic carbocycles. The average molecular weight is 1240 g/mol. The molecule has 0 fully saturated rings. The van der Waals surface area contributed by atoms with E-state index in [0.29, 0.717) is 25.9 Å². The van der Waals surface area contributed by atoms with Crippen molar-refractivity contribution in [3.05, 3.63) is 12.2 Å². The summed E-state index contributed by atoms with van der Waals surface area (Å²) < 4.78 is 5.49. The molecule has 88 heavy (non-hydrogen) atoms. The molecular weight excluding hydrogens is 1080 g/mol. The van der Waals surface area contributed by atoms with E-state index in [9.17, 15) is 19.8 Å². The Bertz CT molecular complexity index is 1340. The van der Waals surface area contributed by atoms with Crippen molar-refractivity contribution in [2.24, 2.45) is 0 Å². The van der Waals surface area contributed by atoms with Crippen LogP contribution in [-0.2, 0) is 14.3 Å². The number of esters is 1. The van der Waals surface area contributed by atoms with Crippen LogP contribution in [0.5, 0.6) is 0 Å². The summed E-state index contributed by atoms with van der Waals surface area (Å²) in [4.78, 5) is 24.6. The van der Waals surface area contributed by atoms with Crippen molar-refractivity contribution in [2.75, 3.05) is 13.2 Å². The van der Waals surface area contributed by atoms with E-state index in [2.05, 4.69) is 31.3 Å². The second-order valence-electron chi connectivity index (χ2n) is 28.5. The van der Waals surface area contributed by atoms with Crippen LogP contribution in [0.4, 0.5) is 0 Å². The Morgan fingerprint density at radius 3 is 0.807 bits per heavy atom. The maximum Gasteiger partial charge on any atom is 0.305 e. The highest BCUT2D eigenvalue weighted by Crippen LogP contribution is 2.21. The standard InChI is InChI=1S/C82H161NO5/c1-3-5-7-9-11-13-15-17-18-19-20-21-22-36-39-42-45-48-51-54-58-62-66-70-74-80(85)79(78-84)83-81(86)75-71-67-63-59-55-52-49-46-43-40-37-34-32-30-28-26-24-23-25-27-29-31-33-35-38-41-44-47-50-53-57-61-65-69-73-77-88-82(87)76-72-68-64-60-56-16-14-12-10-8-6-4-2/h25,27,79-80,84-85H,3-24,26,28-78H2,1-2H3,(H,83,86)/b27-25-. The first-order valence-electron chi connectivity index (χ1n) is 40.9. The average Bonchev–Trinajstić information content (AvgIpc) is 3.54. The highest BCUT2D eigenvalue weighted by Gasteiger charge is 2.20.